The number of carboxylic acids is 2. The van der Waals surface area contributed by atoms with Gasteiger partial charge in [0.05, 0.1) is 0 Å². The Hall–Kier alpha value is -2.41. The fourth-order valence-corrected chi connectivity index (χ4v) is 0.307. The summed E-state index contributed by atoms with van der Waals surface area (Å²) in [5, 5.41) is 24.6. The second-order valence-electron chi connectivity index (χ2n) is 4.22. The Labute approximate surface area is 130 Å². The molecule has 0 aromatic rings. The van der Waals surface area contributed by atoms with Crippen LogP contribution in [0.3, 0.4) is 0 Å². The molecule has 1 unspecified atom stereocenters. The van der Waals surface area contributed by atoms with Crippen LogP contribution in [-0.2, 0) is 19.1 Å². The Morgan fingerprint density at radius 1 is 0.909 bits per heavy atom. The van der Waals surface area contributed by atoms with Gasteiger partial charge in [-0.2, -0.15) is 0 Å². The maximum Gasteiger partial charge on any atom is 0.335 e. The van der Waals surface area contributed by atoms with Crippen molar-refractivity contribution in [2.75, 3.05) is 0 Å². The van der Waals surface area contributed by atoms with E-state index in [1.54, 1.807) is 6.92 Å². The Morgan fingerprint density at radius 3 is 1.32 bits per heavy atom. The average Bonchev–Trinajstić information content (AvgIpc) is 2.39. The molecule has 0 aliphatic carbocycles. The van der Waals surface area contributed by atoms with Crippen molar-refractivity contribution in [1.82, 2.24) is 0 Å². The SMILES string of the molecule is C=C(C)C(=O)O.C=C(C)C(=O)O.C=C(C)C(=O)OC(O)CC. The number of ether oxygens (including phenoxy) is 1. The number of esters is 1. The molecule has 0 aliphatic heterocycles. The van der Waals surface area contributed by atoms with Crippen LogP contribution >= 0.6 is 0 Å². The molecule has 0 heterocycles. The molecule has 0 radical (unpaired) electrons. The van der Waals surface area contributed by atoms with Crippen LogP contribution in [0.15, 0.2) is 36.5 Å². The van der Waals surface area contributed by atoms with Gasteiger partial charge in [-0.05, 0) is 20.8 Å². The van der Waals surface area contributed by atoms with E-state index in [0.717, 1.165) is 0 Å². The van der Waals surface area contributed by atoms with Crippen molar-refractivity contribution in [3.8, 4) is 0 Å². The molecule has 0 fully saturated rings. The van der Waals surface area contributed by atoms with Gasteiger partial charge in [-0.1, -0.05) is 26.7 Å². The molecule has 0 aromatic heterocycles. The first-order valence-electron chi connectivity index (χ1n) is 6.18. The van der Waals surface area contributed by atoms with Gasteiger partial charge in [-0.25, -0.2) is 14.4 Å². The first-order chi connectivity index (χ1) is 9.86. The van der Waals surface area contributed by atoms with Crippen molar-refractivity contribution in [2.24, 2.45) is 0 Å². The fraction of sp³-hybridized carbons (Fsp3) is 0.400. The summed E-state index contributed by atoms with van der Waals surface area (Å²) in [5.41, 5.74) is 0.650. The topological polar surface area (TPSA) is 121 Å². The van der Waals surface area contributed by atoms with E-state index in [4.69, 9.17) is 15.3 Å². The minimum atomic E-state index is -0.996. The summed E-state index contributed by atoms with van der Waals surface area (Å²) in [6.07, 6.45) is -0.594. The highest BCUT2D eigenvalue weighted by atomic mass is 16.6. The second-order valence-corrected chi connectivity index (χ2v) is 4.22. The lowest BCUT2D eigenvalue weighted by Crippen LogP contribution is -2.16. The van der Waals surface area contributed by atoms with E-state index >= 15 is 0 Å². The summed E-state index contributed by atoms with van der Waals surface area (Å²) in [6, 6.07) is 0. The normalized spacial score (nSPS) is 9.68. The molecule has 0 rings (SSSR count). The molecule has 3 N–H and O–H groups in total. The van der Waals surface area contributed by atoms with Crippen molar-refractivity contribution in [1.29, 1.82) is 0 Å². The molecular formula is C15H24O7. The monoisotopic (exact) mass is 316 g/mol. The lowest BCUT2D eigenvalue weighted by atomic mass is 10.3. The summed E-state index contributed by atoms with van der Waals surface area (Å²) < 4.78 is 4.48. The van der Waals surface area contributed by atoms with Gasteiger partial charge in [-0.3, -0.25) is 0 Å². The van der Waals surface area contributed by atoms with E-state index in [-0.39, 0.29) is 11.1 Å². The summed E-state index contributed by atoms with van der Waals surface area (Å²) in [7, 11) is 0. The zero-order valence-corrected chi connectivity index (χ0v) is 13.4. The third-order valence-electron chi connectivity index (χ3n) is 1.67. The number of hydrogen-bond acceptors (Lipinski definition) is 5. The highest BCUT2D eigenvalue weighted by Crippen LogP contribution is 1.98. The molecular weight excluding hydrogens is 292 g/mol. The van der Waals surface area contributed by atoms with Gasteiger partial charge in [0.25, 0.3) is 0 Å². The van der Waals surface area contributed by atoms with Crippen LogP contribution in [0.2, 0.25) is 0 Å². The largest absolute Gasteiger partial charge is 0.478 e. The smallest absolute Gasteiger partial charge is 0.335 e. The minimum absolute atomic E-state index is 0.176. The van der Waals surface area contributed by atoms with Crippen molar-refractivity contribution in [3.63, 3.8) is 0 Å². The highest BCUT2D eigenvalue weighted by Gasteiger charge is 2.08. The van der Waals surface area contributed by atoms with Crippen LogP contribution < -0.4 is 0 Å². The maximum atomic E-state index is 10.6. The molecule has 0 saturated carbocycles. The van der Waals surface area contributed by atoms with Crippen molar-refractivity contribution in [2.45, 2.75) is 40.4 Å². The fourth-order valence-electron chi connectivity index (χ4n) is 0.307. The second kappa shape index (κ2) is 13.6. The highest BCUT2D eigenvalue weighted by molar-refractivity contribution is 5.87. The summed E-state index contributed by atoms with van der Waals surface area (Å²) in [4.78, 5) is 29.8. The summed E-state index contributed by atoms with van der Waals surface area (Å²) >= 11 is 0. The number of carboxylic acid groups (broad SMARTS) is 2. The molecule has 126 valence electrons. The predicted octanol–water partition coefficient (Wildman–Crippen LogP) is 2.13. The van der Waals surface area contributed by atoms with E-state index in [1.807, 2.05) is 0 Å². The standard InChI is InChI=1S/C7H12O3.2C4H6O2/c1-4-6(8)10-7(9)5(2)3;2*1-3(2)4(5)6/h6,8H,2,4H2,1,3H3;2*1H2,2H3,(H,5,6). The van der Waals surface area contributed by atoms with E-state index in [1.165, 1.54) is 20.8 Å². The van der Waals surface area contributed by atoms with Gasteiger partial charge >= 0.3 is 17.9 Å². The number of hydrogen-bond donors (Lipinski definition) is 3. The van der Waals surface area contributed by atoms with Gasteiger partial charge in [0.15, 0.2) is 0 Å². The molecule has 7 heteroatoms. The third-order valence-corrected chi connectivity index (χ3v) is 1.67. The maximum absolute atomic E-state index is 10.6. The number of carbonyl (C=O) groups is 3. The number of carbonyl (C=O) groups excluding carboxylic acids is 1. The third kappa shape index (κ3) is 19.9. The van der Waals surface area contributed by atoms with Crippen LogP contribution in [0.4, 0.5) is 0 Å². The number of aliphatic hydroxyl groups excluding tert-OH is 1. The molecule has 7 nitrogen and oxygen atoms in total. The number of rotatable bonds is 5. The van der Waals surface area contributed by atoms with Gasteiger partial charge in [-0.15, -0.1) is 0 Å². The first-order valence-corrected chi connectivity index (χ1v) is 6.18. The summed E-state index contributed by atoms with van der Waals surface area (Å²) in [5.74, 6) is -2.42. The molecule has 0 aliphatic rings. The molecule has 0 spiro atoms. The minimum Gasteiger partial charge on any atom is -0.478 e. The molecule has 1 atom stereocenters. The van der Waals surface area contributed by atoms with E-state index < -0.39 is 24.2 Å². The van der Waals surface area contributed by atoms with Crippen molar-refractivity contribution >= 4 is 17.9 Å². The quantitative estimate of drug-likeness (QED) is 0.403. The van der Waals surface area contributed by atoms with Gasteiger partial charge < -0.3 is 20.1 Å². The number of aliphatic hydroxyl groups is 1. The molecule has 0 saturated heterocycles. The molecule has 0 aromatic carbocycles. The van der Waals surface area contributed by atoms with Crippen LogP contribution in [0.5, 0.6) is 0 Å². The Bertz CT molecular complexity index is 387. The zero-order chi connectivity index (χ0) is 18.5. The van der Waals surface area contributed by atoms with E-state index in [2.05, 4.69) is 24.5 Å². The van der Waals surface area contributed by atoms with Gasteiger partial charge in [0.1, 0.15) is 0 Å². The van der Waals surface area contributed by atoms with Crippen molar-refractivity contribution < 1.29 is 34.4 Å². The van der Waals surface area contributed by atoms with Crippen molar-refractivity contribution in [3.05, 3.63) is 36.5 Å². The zero-order valence-electron chi connectivity index (χ0n) is 13.4. The Kier molecular flexibility index (Phi) is 15.2. The lowest BCUT2D eigenvalue weighted by Gasteiger charge is -2.08. The average molecular weight is 316 g/mol. The van der Waals surface area contributed by atoms with Crippen LogP contribution in [-0.4, -0.2) is 39.5 Å². The Balaban J connectivity index is -0.000000261. The van der Waals surface area contributed by atoms with Crippen LogP contribution in [0.25, 0.3) is 0 Å². The molecule has 0 amide bonds. The summed E-state index contributed by atoms with van der Waals surface area (Å²) in [6.45, 7) is 15.8. The lowest BCUT2D eigenvalue weighted by molar-refractivity contribution is -0.163. The van der Waals surface area contributed by atoms with Crippen LogP contribution in [0.1, 0.15) is 34.1 Å². The first kappa shape index (κ1) is 24.6. The molecule has 22 heavy (non-hydrogen) atoms. The number of aliphatic carboxylic acids is 2. The van der Waals surface area contributed by atoms with E-state index in [9.17, 15) is 14.4 Å². The predicted molar refractivity (Wildman–Crippen MR) is 82.1 cm³/mol. The van der Waals surface area contributed by atoms with Crippen LogP contribution in [0, 0.1) is 0 Å². The van der Waals surface area contributed by atoms with E-state index in [0.29, 0.717) is 12.0 Å². The Morgan fingerprint density at radius 2 is 1.18 bits per heavy atom. The van der Waals surface area contributed by atoms with Gasteiger partial charge in [0, 0.05) is 23.1 Å². The molecule has 0 bridgehead atoms. The van der Waals surface area contributed by atoms with Gasteiger partial charge in [0.2, 0.25) is 6.29 Å².